The summed E-state index contributed by atoms with van der Waals surface area (Å²) in [6.07, 6.45) is 18.2. The van der Waals surface area contributed by atoms with Gasteiger partial charge in [-0.15, -0.1) is 0 Å². The van der Waals surface area contributed by atoms with Gasteiger partial charge >= 0.3 is 0 Å². The lowest BCUT2D eigenvalue weighted by Gasteiger charge is -2.24. The molecule has 0 radical (unpaired) electrons. The SMILES string of the molecule is CC1\C=C(S(=O)(=O)NC(=O)C(C)(C)CCCCOC2=C/CCC/C(c3ccccc3)=C/C(c3ccc4c(c3)OCO4)=C\2)/C=C\C(Cl)=C\C1. The fourth-order valence-electron chi connectivity index (χ4n) is 5.68. The summed E-state index contributed by atoms with van der Waals surface area (Å²) in [6, 6.07) is 16.4. The van der Waals surface area contributed by atoms with Crippen LogP contribution in [0.1, 0.15) is 76.8 Å². The lowest BCUT2D eigenvalue weighted by atomic mass is 9.86. The largest absolute Gasteiger partial charge is 0.494 e. The number of unbranched alkanes of at least 4 members (excludes halogenated alkanes) is 1. The van der Waals surface area contributed by atoms with Gasteiger partial charge in [0, 0.05) is 10.4 Å². The van der Waals surface area contributed by atoms with Gasteiger partial charge in [-0.2, -0.15) is 0 Å². The lowest BCUT2D eigenvalue weighted by molar-refractivity contribution is -0.127. The van der Waals surface area contributed by atoms with Gasteiger partial charge in [0.2, 0.25) is 12.7 Å². The van der Waals surface area contributed by atoms with Gasteiger partial charge in [0.25, 0.3) is 10.0 Å². The second-order valence-electron chi connectivity index (χ2n) is 13.0. The Hall–Kier alpha value is -4.01. The molecule has 48 heavy (non-hydrogen) atoms. The molecule has 0 spiro atoms. The Kier molecular flexibility index (Phi) is 11.7. The molecule has 1 heterocycles. The highest BCUT2D eigenvalue weighted by Gasteiger charge is 2.31. The van der Waals surface area contributed by atoms with E-state index in [1.165, 1.54) is 23.3 Å². The van der Waals surface area contributed by atoms with Crippen LogP contribution < -0.4 is 14.2 Å². The van der Waals surface area contributed by atoms with E-state index < -0.39 is 21.3 Å². The molecule has 0 fully saturated rings. The topological polar surface area (TPSA) is 90.9 Å². The third kappa shape index (κ3) is 9.54. The standard InChI is InChI=1S/C39H44ClNO6S/c1-28-15-17-33(40)18-19-35(23-28)48(43,44)41-38(42)39(2,3)21-9-10-22-45-34-14-8-7-13-30(29-11-5-4-6-12-29)24-32(25-34)31-16-20-36-37(26-31)47-27-46-36/h4-6,11-12,14,16-20,23-26,28H,7-10,13,15,21-22,27H2,1-3H3,(H,41,42)/b19-18-,30-24-,32-25+,33-17-,34-14+,35-23+. The molecule has 3 aliphatic rings. The Bertz CT molecular complexity index is 1780. The van der Waals surface area contributed by atoms with Crippen LogP contribution in [-0.4, -0.2) is 27.7 Å². The van der Waals surface area contributed by atoms with Crippen molar-refractivity contribution in [3.63, 3.8) is 0 Å². The van der Waals surface area contributed by atoms with Crippen molar-refractivity contribution in [3.05, 3.63) is 118 Å². The first-order valence-corrected chi connectivity index (χ1v) is 18.4. The number of hydrogen-bond donors (Lipinski definition) is 1. The molecule has 1 aliphatic heterocycles. The van der Waals surface area contributed by atoms with E-state index in [1.54, 1.807) is 19.9 Å². The molecule has 1 N–H and O–H groups in total. The number of rotatable bonds is 11. The van der Waals surface area contributed by atoms with Crippen molar-refractivity contribution >= 4 is 38.7 Å². The third-order valence-corrected chi connectivity index (χ3v) is 10.3. The molecule has 9 heteroatoms. The first-order chi connectivity index (χ1) is 23.0. The average molecular weight is 690 g/mol. The lowest BCUT2D eigenvalue weighted by Crippen LogP contribution is -2.40. The summed E-state index contributed by atoms with van der Waals surface area (Å²) < 4.78 is 46.0. The molecule has 254 valence electrons. The summed E-state index contributed by atoms with van der Waals surface area (Å²) >= 11 is 6.13. The Morgan fingerprint density at radius 3 is 2.60 bits per heavy atom. The molecule has 2 aromatic carbocycles. The zero-order valence-electron chi connectivity index (χ0n) is 27.8. The third-order valence-electron chi connectivity index (χ3n) is 8.63. The number of sulfonamides is 1. The average Bonchev–Trinajstić information content (AvgIpc) is 3.56. The molecule has 2 aliphatic carbocycles. The minimum absolute atomic E-state index is 0.0411. The van der Waals surface area contributed by atoms with Gasteiger partial charge < -0.3 is 14.2 Å². The summed E-state index contributed by atoms with van der Waals surface area (Å²) in [4.78, 5) is 13.2. The smallest absolute Gasteiger partial charge is 0.263 e. The monoisotopic (exact) mass is 689 g/mol. The molecule has 7 nitrogen and oxygen atoms in total. The van der Waals surface area contributed by atoms with E-state index in [0.29, 0.717) is 37.3 Å². The zero-order chi connectivity index (χ0) is 34.1. The number of fused-ring (bicyclic) bond motifs is 1. The summed E-state index contributed by atoms with van der Waals surface area (Å²) in [5, 5.41) is 0.468. The predicted octanol–water partition coefficient (Wildman–Crippen LogP) is 9.21. The number of amides is 1. The van der Waals surface area contributed by atoms with E-state index in [1.807, 2.05) is 37.3 Å². The van der Waals surface area contributed by atoms with E-state index in [4.69, 9.17) is 25.8 Å². The van der Waals surface area contributed by atoms with Crippen LogP contribution >= 0.6 is 11.6 Å². The number of allylic oxidation sites excluding steroid dienone is 10. The summed E-state index contributed by atoms with van der Waals surface area (Å²) in [7, 11) is -4.04. The van der Waals surface area contributed by atoms with Crippen LogP contribution in [0.15, 0.2) is 107 Å². The first-order valence-electron chi connectivity index (χ1n) is 16.5. The number of halogens is 1. The van der Waals surface area contributed by atoms with Crippen molar-refractivity contribution in [2.45, 2.75) is 65.7 Å². The number of nitrogens with one attached hydrogen (secondary N) is 1. The number of ether oxygens (including phenoxy) is 3. The van der Waals surface area contributed by atoms with Crippen LogP contribution in [0.2, 0.25) is 0 Å². The maximum atomic E-state index is 13.2. The van der Waals surface area contributed by atoms with Crippen molar-refractivity contribution in [1.29, 1.82) is 0 Å². The van der Waals surface area contributed by atoms with Gasteiger partial charge in [0.05, 0.1) is 11.5 Å². The van der Waals surface area contributed by atoms with Crippen molar-refractivity contribution in [3.8, 4) is 11.5 Å². The normalized spacial score (nSPS) is 24.5. The van der Waals surface area contributed by atoms with Gasteiger partial charge in [-0.05, 0) is 110 Å². The Labute approximate surface area is 289 Å². The highest BCUT2D eigenvalue weighted by atomic mass is 35.5. The van der Waals surface area contributed by atoms with Gasteiger partial charge in [-0.25, -0.2) is 13.1 Å². The molecule has 0 saturated carbocycles. The Morgan fingerprint density at radius 2 is 1.79 bits per heavy atom. The molecular weight excluding hydrogens is 646 g/mol. The second-order valence-corrected chi connectivity index (χ2v) is 15.1. The van der Waals surface area contributed by atoms with Crippen LogP contribution in [-0.2, 0) is 19.6 Å². The maximum Gasteiger partial charge on any atom is 0.263 e. The fourth-order valence-corrected chi connectivity index (χ4v) is 7.13. The van der Waals surface area contributed by atoms with Gasteiger partial charge in [0.15, 0.2) is 11.5 Å². The molecule has 1 unspecified atom stereocenters. The molecule has 0 bridgehead atoms. The summed E-state index contributed by atoms with van der Waals surface area (Å²) in [6.45, 7) is 6.12. The van der Waals surface area contributed by atoms with Crippen LogP contribution in [0, 0.1) is 11.3 Å². The van der Waals surface area contributed by atoms with E-state index >= 15 is 0 Å². The van der Waals surface area contributed by atoms with Crippen molar-refractivity contribution in [1.82, 2.24) is 4.72 Å². The molecule has 2 aromatic rings. The number of benzene rings is 2. The minimum Gasteiger partial charge on any atom is -0.494 e. The van der Waals surface area contributed by atoms with E-state index in [9.17, 15) is 13.2 Å². The summed E-state index contributed by atoms with van der Waals surface area (Å²) in [5.74, 6) is 1.68. The van der Waals surface area contributed by atoms with Crippen LogP contribution in [0.5, 0.6) is 11.5 Å². The van der Waals surface area contributed by atoms with E-state index in [2.05, 4.69) is 47.2 Å². The quantitative estimate of drug-likeness (QED) is 0.237. The van der Waals surface area contributed by atoms with Crippen LogP contribution in [0.4, 0.5) is 0 Å². The molecule has 0 aromatic heterocycles. The van der Waals surface area contributed by atoms with Gasteiger partial charge in [-0.3, -0.25) is 4.79 Å². The van der Waals surface area contributed by atoms with E-state index in [0.717, 1.165) is 47.7 Å². The predicted molar refractivity (Wildman–Crippen MR) is 192 cm³/mol. The van der Waals surface area contributed by atoms with Gasteiger partial charge in [0.1, 0.15) is 5.76 Å². The molecule has 0 saturated heterocycles. The highest BCUT2D eigenvalue weighted by molar-refractivity contribution is 7.94. The van der Waals surface area contributed by atoms with Crippen LogP contribution in [0.3, 0.4) is 0 Å². The first kappa shape index (κ1) is 35.3. The highest BCUT2D eigenvalue weighted by Crippen LogP contribution is 2.37. The molecular formula is C39H44ClNO6S. The maximum absolute atomic E-state index is 13.2. The number of carbonyl (C=O) groups is 1. The van der Waals surface area contributed by atoms with Crippen molar-refractivity contribution < 1.29 is 27.4 Å². The fraction of sp³-hybridized carbons (Fsp3) is 0.359. The van der Waals surface area contributed by atoms with Gasteiger partial charge in [-0.1, -0.05) is 87.0 Å². The molecule has 5 rings (SSSR count). The van der Waals surface area contributed by atoms with Crippen molar-refractivity contribution in [2.75, 3.05) is 13.4 Å². The number of carbonyl (C=O) groups excluding carboxylic acids is 1. The minimum atomic E-state index is -4.04. The zero-order valence-corrected chi connectivity index (χ0v) is 29.4. The number of hydrogen-bond acceptors (Lipinski definition) is 6. The molecule has 1 atom stereocenters. The van der Waals surface area contributed by atoms with E-state index in [-0.39, 0.29) is 17.6 Å². The summed E-state index contributed by atoms with van der Waals surface area (Å²) in [5.41, 5.74) is 3.58. The van der Waals surface area contributed by atoms with Crippen molar-refractivity contribution in [2.24, 2.45) is 11.3 Å². The Morgan fingerprint density at radius 1 is 1.00 bits per heavy atom. The molecule has 1 amide bonds. The second kappa shape index (κ2) is 15.9. The Balaban J connectivity index is 1.22. The van der Waals surface area contributed by atoms with Crippen LogP contribution in [0.25, 0.3) is 11.1 Å².